The average molecular weight is 279 g/mol. The van der Waals surface area contributed by atoms with Crippen molar-refractivity contribution in [2.45, 2.75) is 13.5 Å². The van der Waals surface area contributed by atoms with Crippen LogP contribution in [0.25, 0.3) is 0 Å². The zero-order chi connectivity index (χ0) is 15.3. The molecule has 0 aromatic carbocycles. The van der Waals surface area contributed by atoms with Crippen molar-refractivity contribution in [3.63, 3.8) is 0 Å². The van der Waals surface area contributed by atoms with Crippen molar-refractivity contribution < 1.29 is 19.6 Å². The SMILES string of the molecule is C#CCN(CC(=O)O)C(=O)c1cc([N+](=O)[O-])cn1CC. The number of carbonyl (C=O) groups excluding carboxylic acids is 1. The lowest BCUT2D eigenvalue weighted by atomic mass is 10.3. The monoisotopic (exact) mass is 279 g/mol. The molecule has 106 valence electrons. The van der Waals surface area contributed by atoms with Crippen LogP contribution in [0.3, 0.4) is 0 Å². The molecule has 0 spiro atoms. The van der Waals surface area contributed by atoms with Crippen molar-refractivity contribution in [3.05, 3.63) is 28.1 Å². The van der Waals surface area contributed by atoms with Crippen molar-refractivity contribution >= 4 is 17.6 Å². The van der Waals surface area contributed by atoms with E-state index in [2.05, 4.69) is 5.92 Å². The molecular formula is C12H13N3O5. The highest BCUT2D eigenvalue weighted by Crippen LogP contribution is 2.18. The molecule has 0 saturated carbocycles. The Morgan fingerprint density at radius 3 is 2.70 bits per heavy atom. The molecule has 1 aromatic rings. The highest BCUT2D eigenvalue weighted by atomic mass is 16.6. The summed E-state index contributed by atoms with van der Waals surface area (Å²) < 4.78 is 1.38. The van der Waals surface area contributed by atoms with Crippen LogP contribution in [0.1, 0.15) is 17.4 Å². The van der Waals surface area contributed by atoms with Gasteiger partial charge in [0.1, 0.15) is 12.2 Å². The fourth-order valence-electron chi connectivity index (χ4n) is 1.67. The number of carbonyl (C=O) groups is 2. The van der Waals surface area contributed by atoms with Gasteiger partial charge in [-0.15, -0.1) is 6.42 Å². The van der Waals surface area contributed by atoms with Crippen molar-refractivity contribution in [1.29, 1.82) is 0 Å². The minimum Gasteiger partial charge on any atom is -0.480 e. The molecule has 8 nitrogen and oxygen atoms in total. The fourth-order valence-corrected chi connectivity index (χ4v) is 1.67. The maximum Gasteiger partial charge on any atom is 0.323 e. The minimum absolute atomic E-state index is 0.0377. The van der Waals surface area contributed by atoms with Gasteiger partial charge in [-0.1, -0.05) is 5.92 Å². The van der Waals surface area contributed by atoms with E-state index in [9.17, 15) is 19.7 Å². The van der Waals surface area contributed by atoms with E-state index in [1.165, 1.54) is 10.8 Å². The van der Waals surface area contributed by atoms with Gasteiger partial charge in [0.25, 0.3) is 11.6 Å². The Labute approximate surface area is 114 Å². The summed E-state index contributed by atoms with van der Waals surface area (Å²) in [6.07, 6.45) is 6.32. The van der Waals surface area contributed by atoms with Crippen LogP contribution in [-0.2, 0) is 11.3 Å². The Bertz CT molecular complexity index is 584. The fraction of sp³-hybridized carbons (Fsp3) is 0.333. The molecule has 8 heteroatoms. The van der Waals surface area contributed by atoms with Crippen molar-refractivity contribution in [2.24, 2.45) is 0 Å². The molecular weight excluding hydrogens is 266 g/mol. The second kappa shape index (κ2) is 6.38. The second-order valence-electron chi connectivity index (χ2n) is 3.89. The molecule has 0 fully saturated rings. The van der Waals surface area contributed by atoms with Crippen LogP contribution in [0.2, 0.25) is 0 Å². The summed E-state index contributed by atoms with van der Waals surface area (Å²) in [5, 5.41) is 19.5. The number of aromatic nitrogens is 1. The summed E-state index contributed by atoms with van der Waals surface area (Å²) in [7, 11) is 0. The van der Waals surface area contributed by atoms with Gasteiger partial charge in [-0.3, -0.25) is 19.7 Å². The summed E-state index contributed by atoms with van der Waals surface area (Å²) in [5.74, 6) is 0.327. The lowest BCUT2D eigenvalue weighted by Crippen LogP contribution is -2.37. The summed E-state index contributed by atoms with van der Waals surface area (Å²) in [5.41, 5.74) is -0.193. The van der Waals surface area contributed by atoms with Crippen molar-refractivity contribution in [1.82, 2.24) is 9.47 Å². The Hall–Kier alpha value is -2.82. The standard InChI is InChI=1S/C12H13N3O5/c1-3-5-14(8-11(16)17)12(18)10-6-9(15(19)20)7-13(10)4-2/h1,6-7H,4-5,8H2,2H3,(H,16,17). The van der Waals surface area contributed by atoms with Crippen LogP contribution >= 0.6 is 0 Å². The van der Waals surface area contributed by atoms with E-state index in [0.717, 1.165) is 11.0 Å². The number of nitrogens with zero attached hydrogens (tertiary/aromatic N) is 3. The molecule has 0 radical (unpaired) electrons. The van der Waals surface area contributed by atoms with Gasteiger partial charge >= 0.3 is 5.97 Å². The number of aliphatic carboxylic acids is 1. The van der Waals surface area contributed by atoms with Gasteiger partial charge in [0, 0.05) is 12.6 Å². The molecule has 0 atom stereocenters. The van der Waals surface area contributed by atoms with Crippen molar-refractivity contribution in [2.75, 3.05) is 13.1 Å². The molecule has 0 bridgehead atoms. The predicted octanol–water partition coefficient (Wildman–Crippen LogP) is 0.576. The molecule has 20 heavy (non-hydrogen) atoms. The quantitative estimate of drug-likeness (QED) is 0.465. The summed E-state index contributed by atoms with van der Waals surface area (Å²) in [4.78, 5) is 34.0. The number of nitro groups is 1. The average Bonchev–Trinajstić information content (AvgIpc) is 2.81. The third kappa shape index (κ3) is 3.35. The summed E-state index contributed by atoms with van der Waals surface area (Å²) in [6.45, 7) is 1.30. The second-order valence-corrected chi connectivity index (χ2v) is 3.89. The number of hydrogen-bond acceptors (Lipinski definition) is 4. The predicted molar refractivity (Wildman–Crippen MR) is 69.1 cm³/mol. The van der Waals surface area contributed by atoms with E-state index in [1.807, 2.05) is 0 Å². The molecule has 1 amide bonds. The highest BCUT2D eigenvalue weighted by Gasteiger charge is 2.24. The van der Waals surface area contributed by atoms with Gasteiger partial charge in [0.05, 0.1) is 17.7 Å². The third-order valence-corrected chi connectivity index (χ3v) is 2.55. The Morgan fingerprint density at radius 1 is 1.60 bits per heavy atom. The number of hydrogen-bond donors (Lipinski definition) is 1. The molecule has 0 aliphatic rings. The molecule has 0 aliphatic carbocycles. The van der Waals surface area contributed by atoms with Gasteiger partial charge in [-0.25, -0.2) is 0 Å². The first-order valence-electron chi connectivity index (χ1n) is 5.69. The number of terminal acetylenes is 1. The number of carboxylic acid groups (broad SMARTS) is 1. The molecule has 0 aliphatic heterocycles. The minimum atomic E-state index is -1.21. The number of rotatable bonds is 6. The van der Waals surface area contributed by atoms with Crippen LogP contribution in [0, 0.1) is 22.5 Å². The largest absolute Gasteiger partial charge is 0.480 e. The molecule has 1 N–H and O–H groups in total. The van der Waals surface area contributed by atoms with Gasteiger partial charge in [0.2, 0.25) is 0 Å². The summed E-state index contributed by atoms with van der Waals surface area (Å²) in [6, 6.07) is 1.11. The van der Waals surface area contributed by atoms with Crippen LogP contribution in [0.15, 0.2) is 12.3 Å². The molecule has 1 heterocycles. The first-order valence-corrected chi connectivity index (χ1v) is 5.69. The lowest BCUT2D eigenvalue weighted by molar-refractivity contribution is -0.384. The zero-order valence-electron chi connectivity index (χ0n) is 10.8. The van der Waals surface area contributed by atoms with Gasteiger partial charge < -0.3 is 14.6 Å². The molecule has 1 rings (SSSR count). The molecule has 0 saturated heterocycles. The van der Waals surface area contributed by atoms with Crippen LogP contribution in [0.4, 0.5) is 5.69 Å². The van der Waals surface area contributed by atoms with Crippen LogP contribution < -0.4 is 0 Å². The van der Waals surface area contributed by atoms with E-state index in [0.29, 0.717) is 6.54 Å². The Kier molecular flexibility index (Phi) is 4.86. The lowest BCUT2D eigenvalue weighted by Gasteiger charge is -2.18. The first kappa shape index (κ1) is 15.2. The number of carboxylic acids is 1. The number of amides is 1. The van der Waals surface area contributed by atoms with E-state index < -0.39 is 23.3 Å². The van der Waals surface area contributed by atoms with E-state index in [4.69, 9.17) is 11.5 Å². The normalized spacial score (nSPS) is 9.80. The highest BCUT2D eigenvalue weighted by molar-refractivity contribution is 5.95. The van der Waals surface area contributed by atoms with Crippen LogP contribution in [-0.4, -0.2) is 44.5 Å². The van der Waals surface area contributed by atoms with Gasteiger partial charge in [0.15, 0.2) is 0 Å². The first-order chi connectivity index (χ1) is 9.40. The van der Waals surface area contributed by atoms with Gasteiger partial charge in [-0.2, -0.15) is 0 Å². The van der Waals surface area contributed by atoms with Crippen LogP contribution in [0.5, 0.6) is 0 Å². The maximum absolute atomic E-state index is 12.2. The molecule has 0 unspecified atom stereocenters. The van der Waals surface area contributed by atoms with Gasteiger partial charge in [-0.05, 0) is 6.92 Å². The number of aryl methyl sites for hydroxylation is 1. The maximum atomic E-state index is 12.2. The molecule has 1 aromatic heterocycles. The topological polar surface area (TPSA) is 106 Å². The van der Waals surface area contributed by atoms with Crippen molar-refractivity contribution in [3.8, 4) is 12.3 Å². The van der Waals surface area contributed by atoms with E-state index in [1.54, 1.807) is 6.92 Å². The van der Waals surface area contributed by atoms with E-state index in [-0.39, 0.29) is 17.9 Å². The van der Waals surface area contributed by atoms with E-state index >= 15 is 0 Å². The smallest absolute Gasteiger partial charge is 0.323 e. The third-order valence-electron chi connectivity index (χ3n) is 2.55. The Morgan fingerprint density at radius 2 is 2.25 bits per heavy atom. The Balaban J connectivity index is 3.13. The zero-order valence-corrected chi connectivity index (χ0v) is 10.8. The summed E-state index contributed by atoms with van der Waals surface area (Å²) >= 11 is 0.